The fraction of sp³-hybridized carbons (Fsp3) is 0.333. The Morgan fingerprint density at radius 1 is 1.35 bits per heavy atom. The molecule has 3 nitrogen and oxygen atoms in total. The highest BCUT2D eigenvalue weighted by Crippen LogP contribution is 2.32. The van der Waals surface area contributed by atoms with Gasteiger partial charge in [0.1, 0.15) is 15.7 Å². The lowest BCUT2D eigenvalue weighted by atomic mass is 10.1. The van der Waals surface area contributed by atoms with Crippen molar-refractivity contribution in [3.05, 3.63) is 34.8 Å². The molecule has 0 amide bonds. The van der Waals surface area contributed by atoms with Crippen LogP contribution in [0.15, 0.2) is 24.3 Å². The van der Waals surface area contributed by atoms with Gasteiger partial charge in [-0.2, -0.15) is 0 Å². The van der Waals surface area contributed by atoms with Crippen molar-refractivity contribution in [2.45, 2.75) is 26.7 Å². The number of rotatable bonds is 5. The third-order valence-corrected chi connectivity index (χ3v) is 4.32. The lowest BCUT2D eigenvalue weighted by Gasteiger charge is -2.03. The van der Waals surface area contributed by atoms with E-state index in [4.69, 9.17) is 22.7 Å². The fourth-order valence-corrected chi connectivity index (χ4v) is 3.19. The molecule has 1 heterocycles. The molecule has 0 saturated heterocycles. The maximum atomic E-state index is 5.79. The van der Waals surface area contributed by atoms with Crippen molar-refractivity contribution in [2.24, 2.45) is 5.73 Å². The van der Waals surface area contributed by atoms with Crippen LogP contribution in [0.2, 0.25) is 0 Å². The molecule has 0 spiro atoms. The van der Waals surface area contributed by atoms with Crippen LogP contribution in [0.5, 0.6) is 5.75 Å². The van der Waals surface area contributed by atoms with E-state index in [0.29, 0.717) is 17.5 Å². The molecule has 0 atom stereocenters. The van der Waals surface area contributed by atoms with Crippen molar-refractivity contribution in [3.63, 3.8) is 0 Å². The van der Waals surface area contributed by atoms with Gasteiger partial charge in [0.2, 0.25) is 0 Å². The first kappa shape index (κ1) is 14.9. The molecule has 0 aliphatic rings. The highest BCUT2D eigenvalue weighted by Gasteiger charge is 2.17. The summed E-state index contributed by atoms with van der Waals surface area (Å²) < 4.78 is 5.44. The number of nitrogens with zero attached hydrogens (tertiary/aromatic N) is 1. The van der Waals surface area contributed by atoms with Crippen molar-refractivity contribution in [1.82, 2.24) is 4.98 Å². The molecule has 2 aromatic rings. The van der Waals surface area contributed by atoms with Gasteiger partial charge in [-0.15, -0.1) is 11.3 Å². The number of hydrogen-bond acceptors (Lipinski definition) is 4. The first-order chi connectivity index (χ1) is 9.52. The quantitative estimate of drug-likeness (QED) is 0.849. The molecule has 106 valence electrons. The highest BCUT2D eigenvalue weighted by molar-refractivity contribution is 7.81. The van der Waals surface area contributed by atoms with Crippen molar-refractivity contribution in [2.75, 3.05) is 6.61 Å². The Morgan fingerprint density at radius 3 is 2.45 bits per heavy atom. The van der Waals surface area contributed by atoms with Gasteiger partial charge in [-0.3, -0.25) is 0 Å². The summed E-state index contributed by atoms with van der Waals surface area (Å²) >= 11 is 6.67. The van der Waals surface area contributed by atoms with E-state index in [9.17, 15) is 0 Å². The zero-order valence-corrected chi connectivity index (χ0v) is 13.5. The molecular weight excluding hydrogens is 288 g/mol. The van der Waals surface area contributed by atoms with Crippen molar-refractivity contribution >= 4 is 28.5 Å². The molecule has 20 heavy (non-hydrogen) atoms. The molecule has 5 heteroatoms. The standard InChI is InChI=1S/C15H18N2OS2/c1-4-18-11-7-5-10(6-8-11)15-17-12(9(2)3)13(20-15)14(16)19/h5-9H,4H2,1-3H3,(H2,16,19). The molecular formula is C15H18N2OS2. The molecule has 0 radical (unpaired) electrons. The minimum Gasteiger partial charge on any atom is -0.494 e. The van der Waals surface area contributed by atoms with Crippen LogP contribution in [-0.4, -0.2) is 16.6 Å². The first-order valence-electron chi connectivity index (χ1n) is 6.56. The van der Waals surface area contributed by atoms with Crippen molar-refractivity contribution in [3.8, 4) is 16.3 Å². The van der Waals surface area contributed by atoms with Crippen LogP contribution >= 0.6 is 23.6 Å². The zero-order chi connectivity index (χ0) is 14.7. The molecule has 0 aliphatic carbocycles. The SMILES string of the molecule is CCOc1ccc(-c2nc(C(C)C)c(C(N)=S)s2)cc1. The summed E-state index contributed by atoms with van der Waals surface area (Å²) in [5.41, 5.74) is 7.83. The van der Waals surface area contributed by atoms with Crippen LogP contribution in [0.4, 0.5) is 0 Å². The monoisotopic (exact) mass is 306 g/mol. The van der Waals surface area contributed by atoms with Crippen LogP contribution in [0, 0.1) is 0 Å². The second kappa shape index (κ2) is 6.33. The third-order valence-electron chi connectivity index (χ3n) is 2.84. The molecule has 1 aromatic carbocycles. The Morgan fingerprint density at radius 2 is 2.00 bits per heavy atom. The molecule has 0 aliphatic heterocycles. The maximum Gasteiger partial charge on any atom is 0.124 e. The van der Waals surface area contributed by atoms with Crippen molar-refractivity contribution < 1.29 is 4.74 Å². The number of nitrogens with two attached hydrogens (primary N) is 1. The van der Waals surface area contributed by atoms with Gasteiger partial charge < -0.3 is 10.5 Å². The van der Waals surface area contributed by atoms with Crippen LogP contribution in [0.3, 0.4) is 0 Å². The summed E-state index contributed by atoms with van der Waals surface area (Å²) in [6, 6.07) is 7.93. The lowest BCUT2D eigenvalue weighted by Crippen LogP contribution is -2.10. The summed E-state index contributed by atoms with van der Waals surface area (Å²) in [5, 5.41) is 0.944. The maximum absolute atomic E-state index is 5.79. The van der Waals surface area contributed by atoms with Gasteiger partial charge in [-0.05, 0) is 37.1 Å². The average Bonchev–Trinajstić information content (AvgIpc) is 2.85. The largest absolute Gasteiger partial charge is 0.494 e. The minimum atomic E-state index is 0.305. The van der Waals surface area contributed by atoms with Gasteiger partial charge >= 0.3 is 0 Å². The zero-order valence-electron chi connectivity index (χ0n) is 11.8. The Hall–Kier alpha value is -1.46. The number of thiazole rings is 1. The normalized spacial score (nSPS) is 10.8. The average molecular weight is 306 g/mol. The van der Waals surface area contributed by atoms with E-state index in [1.165, 1.54) is 0 Å². The number of benzene rings is 1. The molecule has 0 unspecified atom stereocenters. The second-order valence-corrected chi connectivity index (χ2v) is 6.15. The molecule has 1 aromatic heterocycles. The Kier molecular flexibility index (Phi) is 4.73. The highest BCUT2D eigenvalue weighted by atomic mass is 32.1. The summed E-state index contributed by atoms with van der Waals surface area (Å²) in [7, 11) is 0. The number of thiocarbonyl (C=S) groups is 1. The topological polar surface area (TPSA) is 48.1 Å². The van der Waals surface area contributed by atoms with E-state index in [1.54, 1.807) is 11.3 Å². The van der Waals surface area contributed by atoms with Crippen LogP contribution in [0.1, 0.15) is 37.3 Å². The Labute approximate surface area is 128 Å². The molecule has 0 fully saturated rings. The molecule has 0 saturated carbocycles. The summed E-state index contributed by atoms with van der Waals surface area (Å²) in [6.45, 7) is 6.83. The predicted molar refractivity (Wildman–Crippen MR) is 88.7 cm³/mol. The van der Waals surface area contributed by atoms with Gasteiger partial charge in [0.25, 0.3) is 0 Å². The van der Waals surface area contributed by atoms with E-state index >= 15 is 0 Å². The van der Waals surface area contributed by atoms with E-state index in [1.807, 2.05) is 31.2 Å². The van der Waals surface area contributed by atoms with Crippen LogP contribution in [0.25, 0.3) is 10.6 Å². The fourth-order valence-electron chi connectivity index (χ4n) is 1.88. The Balaban J connectivity index is 2.37. The van der Waals surface area contributed by atoms with Gasteiger partial charge in [-0.1, -0.05) is 26.1 Å². The van der Waals surface area contributed by atoms with E-state index < -0.39 is 0 Å². The lowest BCUT2D eigenvalue weighted by molar-refractivity contribution is 0.340. The first-order valence-corrected chi connectivity index (χ1v) is 7.79. The van der Waals surface area contributed by atoms with Gasteiger partial charge in [0.15, 0.2) is 0 Å². The summed E-state index contributed by atoms with van der Waals surface area (Å²) in [5.74, 6) is 1.17. The van der Waals surface area contributed by atoms with Crippen LogP contribution in [-0.2, 0) is 0 Å². The molecule has 2 N–H and O–H groups in total. The van der Waals surface area contributed by atoms with Crippen LogP contribution < -0.4 is 10.5 Å². The predicted octanol–water partition coefficient (Wildman–Crippen LogP) is 3.97. The van der Waals surface area contributed by atoms with E-state index in [2.05, 4.69) is 18.8 Å². The molecule has 0 bridgehead atoms. The van der Waals surface area contributed by atoms with Gasteiger partial charge in [0, 0.05) is 5.56 Å². The Bertz CT molecular complexity index is 603. The molecule has 2 rings (SSSR count). The minimum absolute atomic E-state index is 0.305. The van der Waals surface area contributed by atoms with Gasteiger partial charge in [0.05, 0.1) is 17.2 Å². The number of aromatic nitrogens is 1. The van der Waals surface area contributed by atoms with Gasteiger partial charge in [-0.25, -0.2) is 4.98 Å². The second-order valence-electron chi connectivity index (χ2n) is 4.71. The van der Waals surface area contributed by atoms with E-state index in [-0.39, 0.29) is 0 Å². The smallest absolute Gasteiger partial charge is 0.124 e. The number of hydrogen-bond donors (Lipinski definition) is 1. The van der Waals surface area contributed by atoms with E-state index in [0.717, 1.165) is 26.9 Å². The summed E-state index contributed by atoms with van der Waals surface area (Å²) in [4.78, 5) is 6.02. The third kappa shape index (κ3) is 3.16. The van der Waals surface area contributed by atoms with Crippen molar-refractivity contribution in [1.29, 1.82) is 0 Å². The number of ether oxygens (including phenoxy) is 1. The summed E-state index contributed by atoms with van der Waals surface area (Å²) in [6.07, 6.45) is 0.